The second kappa shape index (κ2) is 8.54. The molecule has 1 N–H and O–H groups in total. The Morgan fingerprint density at radius 3 is 2.85 bits per heavy atom. The van der Waals surface area contributed by atoms with Crippen LogP contribution >= 0.6 is 22.9 Å². The third-order valence-electron chi connectivity index (χ3n) is 3.55. The van der Waals surface area contributed by atoms with Gasteiger partial charge in [-0.05, 0) is 18.2 Å². The number of halogens is 1. The number of carbonyl (C=O) groups excluding carboxylic acids is 1. The van der Waals surface area contributed by atoms with Crippen molar-refractivity contribution >= 4 is 34.0 Å². The number of hydrogen-bond donors (Lipinski definition) is 1. The lowest BCUT2D eigenvalue weighted by Gasteiger charge is -2.10. The molecule has 0 bridgehead atoms. The molecule has 0 unspecified atom stereocenters. The van der Waals surface area contributed by atoms with Gasteiger partial charge in [0.2, 0.25) is 0 Å². The van der Waals surface area contributed by atoms with Crippen LogP contribution in [0.5, 0.6) is 11.5 Å². The van der Waals surface area contributed by atoms with E-state index in [1.54, 1.807) is 24.3 Å². The van der Waals surface area contributed by atoms with Gasteiger partial charge in [0.1, 0.15) is 0 Å². The van der Waals surface area contributed by atoms with Crippen molar-refractivity contribution in [2.24, 2.45) is 0 Å². The molecule has 0 atom stereocenters. The summed E-state index contributed by atoms with van der Waals surface area (Å²) < 4.78 is 10.7. The quantitative estimate of drug-likeness (QED) is 0.665. The Morgan fingerprint density at radius 1 is 1.30 bits per heavy atom. The summed E-state index contributed by atoms with van der Waals surface area (Å²) in [7, 11) is 1.47. The Bertz CT molecular complexity index is 1010. The number of nitrogens with zero attached hydrogens (tertiary/aromatic N) is 2. The lowest BCUT2D eigenvalue weighted by atomic mass is 10.2. The highest BCUT2D eigenvalue weighted by Gasteiger charge is 2.12. The lowest BCUT2D eigenvalue weighted by Crippen LogP contribution is -2.20. The highest BCUT2D eigenvalue weighted by Crippen LogP contribution is 2.30. The number of nitrogens with one attached hydrogen (secondary N) is 1. The number of amides is 1. The number of rotatable bonds is 6. The average Bonchev–Trinajstić information content (AvgIpc) is 3.14. The van der Waals surface area contributed by atoms with Gasteiger partial charge in [-0.2, -0.15) is 5.26 Å². The van der Waals surface area contributed by atoms with E-state index in [1.807, 2.05) is 29.6 Å². The summed E-state index contributed by atoms with van der Waals surface area (Å²) in [5.41, 5.74) is 1.93. The van der Waals surface area contributed by atoms with E-state index in [0.717, 1.165) is 5.56 Å². The van der Waals surface area contributed by atoms with Crippen LogP contribution in [0.15, 0.2) is 47.8 Å². The van der Waals surface area contributed by atoms with Crippen molar-refractivity contribution in [3.63, 3.8) is 0 Å². The van der Waals surface area contributed by atoms with Crippen LogP contribution in [0.2, 0.25) is 5.02 Å². The molecule has 0 saturated carbocycles. The summed E-state index contributed by atoms with van der Waals surface area (Å²) in [6, 6.07) is 14.1. The molecule has 136 valence electrons. The highest BCUT2D eigenvalue weighted by atomic mass is 35.5. The first kappa shape index (κ1) is 18.7. The Labute approximate surface area is 164 Å². The topological polar surface area (TPSA) is 84.2 Å². The number of thiazole rings is 1. The second-order valence-electron chi connectivity index (χ2n) is 5.33. The first-order valence-corrected chi connectivity index (χ1v) is 9.07. The maximum atomic E-state index is 12.1. The molecule has 6 nitrogen and oxygen atoms in total. The molecule has 0 spiro atoms. The number of benzene rings is 2. The molecular weight excluding hydrogens is 386 g/mol. The molecule has 0 aliphatic heterocycles. The van der Waals surface area contributed by atoms with E-state index in [2.05, 4.69) is 10.3 Å². The SMILES string of the molecule is COc1cc(C#N)ccc1OCC(=O)Nc1nc(-c2ccccc2Cl)cs1. The van der Waals surface area contributed by atoms with Gasteiger partial charge >= 0.3 is 0 Å². The monoisotopic (exact) mass is 399 g/mol. The Morgan fingerprint density at radius 2 is 2.11 bits per heavy atom. The van der Waals surface area contributed by atoms with Crippen LogP contribution in [0, 0.1) is 11.3 Å². The molecule has 1 amide bonds. The Kier molecular flexibility index (Phi) is 5.91. The van der Waals surface area contributed by atoms with Gasteiger partial charge in [-0.1, -0.05) is 29.8 Å². The molecule has 0 radical (unpaired) electrons. The number of methoxy groups -OCH3 is 1. The van der Waals surface area contributed by atoms with Gasteiger partial charge in [0.25, 0.3) is 5.91 Å². The fraction of sp³-hybridized carbons (Fsp3) is 0.105. The van der Waals surface area contributed by atoms with Crippen molar-refractivity contribution in [2.45, 2.75) is 0 Å². The Hall–Kier alpha value is -3.08. The van der Waals surface area contributed by atoms with Crippen molar-refractivity contribution in [1.82, 2.24) is 4.98 Å². The average molecular weight is 400 g/mol. The molecule has 3 rings (SSSR count). The summed E-state index contributed by atoms with van der Waals surface area (Å²) >= 11 is 7.46. The van der Waals surface area contributed by atoms with Crippen LogP contribution < -0.4 is 14.8 Å². The van der Waals surface area contributed by atoms with Gasteiger partial charge in [-0.15, -0.1) is 11.3 Å². The van der Waals surface area contributed by atoms with Crippen LogP contribution in [-0.4, -0.2) is 24.6 Å². The van der Waals surface area contributed by atoms with Crippen LogP contribution in [0.25, 0.3) is 11.3 Å². The predicted octanol–water partition coefficient (Wildman–Crippen LogP) is 4.36. The van der Waals surface area contributed by atoms with Gasteiger partial charge in [-0.25, -0.2) is 4.98 Å². The summed E-state index contributed by atoms with van der Waals surface area (Å²) in [4.78, 5) is 16.5. The standard InChI is InChI=1S/C19H14ClN3O3S/c1-25-17-8-12(9-21)6-7-16(17)26-10-18(24)23-19-22-15(11-27-19)13-4-2-3-5-14(13)20/h2-8,11H,10H2,1H3,(H,22,23,24). The number of nitriles is 1. The van der Waals surface area contributed by atoms with E-state index in [-0.39, 0.29) is 12.5 Å². The van der Waals surface area contributed by atoms with Gasteiger partial charge in [0.05, 0.1) is 24.4 Å². The van der Waals surface area contributed by atoms with Gasteiger partial charge in [0, 0.05) is 22.0 Å². The van der Waals surface area contributed by atoms with Gasteiger partial charge in [-0.3, -0.25) is 10.1 Å². The fourth-order valence-corrected chi connectivity index (χ4v) is 3.24. The maximum absolute atomic E-state index is 12.1. The minimum absolute atomic E-state index is 0.219. The number of ether oxygens (including phenoxy) is 2. The molecule has 2 aromatic carbocycles. The van der Waals surface area contributed by atoms with Crippen LogP contribution in [0.1, 0.15) is 5.56 Å². The van der Waals surface area contributed by atoms with E-state index in [9.17, 15) is 4.79 Å². The summed E-state index contributed by atoms with van der Waals surface area (Å²) in [5, 5.41) is 14.5. The summed E-state index contributed by atoms with van der Waals surface area (Å²) in [5.74, 6) is 0.404. The van der Waals surface area contributed by atoms with E-state index in [0.29, 0.717) is 32.9 Å². The highest BCUT2D eigenvalue weighted by molar-refractivity contribution is 7.14. The van der Waals surface area contributed by atoms with Crippen molar-refractivity contribution in [3.8, 4) is 28.8 Å². The largest absolute Gasteiger partial charge is 0.493 e. The van der Waals surface area contributed by atoms with Gasteiger partial charge in [0.15, 0.2) is 23.2 Å². The van der Waals surface area contributed by atoms with Gasteiger partial charge < -0.3 is 9.47 Å². The van der Waals surface area contributed by atoms with E-state index in [4.69, 9.17) is 26.3 Å². The van der Waals surface area contributed by atoms with Crippen LogP contribution in [0.4, 0.5) is 5.13 Å². The molecule has 0 aliphatic rings. The normalized spacial score (nSPS) is 10.1. The van der Waals surface area contributed by atoms with Crippen LogP contribution in [0.3, 0.4) is 0 Å². The van der Waals surface area contributed by atoms with Crippen molar-refractivity contribution in [1.29, 1.82) is 5.26 Å². The first-order chi connectivity index (χ1) is 13.1. The predicted molar refractivity (Wildman–Crippen MR) is 104 cm³/mol. The van der Waals surface area contributed by atoms with E-state index in [1.165, 1.54) is 18.4 Å². The summed E-state index contributed by atoms with van der Waals surface area (Å²) in [6.45, 7) is -0.219. The first-order valence-electron chi connectivity index (χ1n) is 7.82. The zero-order chi connectivity index (χ0) is 19.2. The molecular formula is C19H14ClN3O3S. The molecule has 1 heterocycles. The van der Waals surface area contributed by atoms with Crippen molar-refractivity contribution < 1.29 is 14.3 Å². The van der Waals surface area contributed by atoms with E-state index >= 15 is 0 Å². The van der Waals surface area contributed by atoms with E-state index < -0.39 is 0 Å². The number of anilines is 1. The number of aromatic nitrogens is 1. The van der Waals surface area contributed by atoms with Crippen molar-refractivity contribution in [3.05, 3.63) is 58.4 Å². The fourth-order valence-electron chi connectivity index (χ4n) is 2.28. The minimum Gasteiger partial charge on any atom is -0.493 e. The van der Waals surface area contributed by atoms with Crippen molar-refractivity contribution in [2.75, 3.05) is 19.0 Å². The number of hydrogen-bond acceptors (Lipinski definition) is 6. The lowest BCUT2D eigenvalue weighted by molar-refractivity contribution is -0.118. The molecule has 0 fully saturated rings. The van der Waals surface area contributed by atoms with Crippen LogP contribution in [-0.2, 0) is 4.79 Å². The second-order valence-corrected chi connectivity index (χ2v) is 6.60. The third-order valence-corrected chi connectivity index (χ3v) is 4.64. The molecule has 8 heteroatoms. The summed E-state index contributed by atoms with van der Waals surface area (Å²) in [6.07, 6.45) is 0. The zero-order valence-corrected chi connectivity index (χ0v) is 15.8. The molecule has 27 heavy (non-hydrogen) atoms. The Balaban J connectivity index is 1.62. The minimum atomic E-state index is -0.360. The molecule has 0 aliphatic carbocycles. The molecule has 3 aromatic rings. The molecule has 0 saturated heterocycles. The smallest absolute Gasteiger partial charge is 0.264 e. The third kappa shape index (κ3) is 4.56. The number of carbonyl (C=O) groups is 1. The maximum Gasteiger partial charge on any atom is 0.264 e. The molecule has 1 aromatic heterocycles. The zero-order valence-electron chi connectivity index (χ0n) is 14.2.